The van der Waals surface area contributed by atoms with Crippen molar-refractivity contribution in [1.82, 2.24) is 5.43 Å². The first-order valence-corrected chi connectivity index (χ1v) is 6.91. The zero-order valence-electron chi connectivity index (χ0n) is 11.2. The SMILES string of the molecule is C=CCCCCCC(NN)C1(OC)CCCC1. The molecule has 0 aromatic carbocycles. The predicted molar refractivity (Wildman–Crippen MR) is 72.6 cm³/mol. The number of nitrogens with one attached hydrogen (secondary N) is 1. The number of unbranched alkanes of at least 4 members (excludes halogenated alkanes) is 3. The number of methoxy groups -OCH3 is 1. The number of allylic oxidation sites excluding steroid dienone is 1. The Morgan fingerprint density at radius 1 is 1.35 bits per heavy atom. The van der Waals surface area contributed by atoms with E-state index in [2.05, 4.69) is 12.0 Å². The zero-order valence-corrected chi connectivity index (χ0v) is 11.2. The van der Waals surface area contributed by atoms with Crippen LogP contribution in [0.15, 0.2) is 12.7 Å². The number of nitrogens with two attached hydrogens (primary N) is 1. The Bertz CT molecular complexity index is 212. The molecule has 0 aromatic heterocycles. The Hall–Kier alpha value is -0.380. The summed E-state index contributed by atoms with van der Waals surface area (Å²) in [5, 5.41) is 0. The maximum atomic E-state index is 5.77. The second-order valence-corrected chi connectivity index (χ2v) is 5.12. The van der Waals surface area contributed by atoms with Gasteiger partial charge in [-0.2, -0.15) is 0 Å². The average Bonchev–Trinajstić information content (AvgIpc) is 2.83. The highest BCUT2D eigenvalue weighted by atomic mass is 16.5. The lowest BCUT2D eigenvalue weighted by Crippen LogP contribution is -2.53. The van der Waals surface area contributed by atoms with Gasteiger partial charge >= 0.3 is 0 Å². The lowest BCUT2D eigenvalue weighted by molar-refractivity contribution is -0.0384. The minimum absolute atomic E-state index is 0.00676. The monoisotopic (exact) mass is 240 g/mol. The Morgan fingerprint density at radius 3 is 2.59 bits per heavy atom. The number of ether oxygens (including phenoxy) is 1. The highest BCUT2D eigenvalue weighted by Gasteiger charge is 2.40. The number of hydrogen-bond acceptors (Lipinski definition) is 3. The van der Waals surface area contributed by atoms with Crippen LogP contribution in [-0.2, 0) is 4.74 Å². The van der Waals surface area contributed by atoms with Crippen molar-refractivity contribution in [2.24, 2.45) is 5.84 Å². The van der Waals surface area contributed by atoms with Crippen molar-refractivity contribution in [3.8, 4) is 0 Å². The van der Waals surface area contributed by atoms with Crippen molar-refractivity contribution >= 4 is 0 Å². The minimum Gasteiger partial charge on any atom is -0.377 e. The van der Waals surface area contributed by atoms with E-state index in [0.29, 0.717) is 6.04 Å². The summed E-state index contributed by atoms with van der Waals surface area (Å²) in [5.41, 5.74) is 2.97. The van der Waals surface area contributed by atoms with E-state index in [1.165, 1.54) is 32.1 Å². The van der Waals surface area contributed by atoms with Crippen molar-refractivity contribution in [2.45, 2.75) is 69.4 Å². The van der Waals surface area contributed by atoms with Crippen LogP contribution in [0.25, 0.3) is 0 Å². The van der Waals surface area contributed by atoms with Gasteiger partial charge in [-0.3, -0.25) is 11.3 Å². The molecule has 3 N–H and O–H groups in total. The summed E-state index contributed by atoms with van der Waals surface area (Å²) in [5.74, 6) is 5.71. The van der Waals surface area contributed by atoms with Gasteiger partial charge in [0.25, 0.3) is 0 Å². The third kappa shape index (κ3) is 4.09. The summed E-state index contributed by atoms with van der Waals surface area (Å²) in [6, 6.07) is 0.304. The van der Waals surface area contributed by atoms with Crippen LogP contribution in [0.3, 0.4) is 0 Å². The lowest BCUT2D eigenvalue weighted by atomic mass is 9.88. The van der Waals surface area contributed by atoms with Gasteiger partial charge in [0.05, 0.1) is 11.6 Å². The van der Waals surface area contributed by atoms with E-state index in [1.807, 2.05) is 13.2 Å². The summed E-state index contributed by atoms with van der Waals surface area (Å²) in [6.45, 7) is 3.74. The van der Waals surface area contributed by atoms with Crippen molar-refractivity contribution < 1.29 is 4.74 Å². The van der Waals surface area contributed by atoms with Gasteiger partial charge in [0, 0.05) is 7.11 Å². The summed E-state index contributed by atoms with van der Waals surface area (Å²) < 4.78 is 5.77. The standard InChI is InChI=1S/C14H28N2O/c1-3-4-5-6-7-10-13(16-15)14(17-2)11-8-9-12-14/h3,13,16H,1,4-12,15H2,2H3. The molecule has 0 amide bonds. The maximum Gasteiger partial charge on any atom is 0.0844 e. The molecule has 1 rings (SSSR count). The summed E-state index contributed by atoms with van der Waals surface area (Å²) in [4.78, 5) is 0. The molecule has 17 heavy (non-hydrogen) atoms. The fraction of sp³-hybridized carbons (Fsp3) is 0.857. The molecule has 1 aliphatic rings. The molecule has 1 saturated carbocycles. The summed E-state index contributed by atoms with van der Waals surface area (Å²) in [7, 11) is 1.83. The van der Waals surface area contributed by atoms with Gasteiger partial charge in [-0.15, -0.1) is 6.58 Å². The topological polar surface area (TPSA) is 47.3 Å². The smallest absolute Gasteiger partial charge is 0.0844 e. The molecular formula is C14H28N2O. The van der Waals surface area contributed by atoms with Gasteiger partial charge in [-0.25, -0.2) is 0 Å². The van der Waals surface area contributed by atoms with E-state index in [9.17, 15) is 0 Å². The van der Waals surface area contributed by atoms with E-state index in [0.717, 1.165) is 25.7 Å². The van der Waals surface area contributed by atoms with Gasteiger partial charge < -0.3 is 4.74 Å². The molecule has 0 aliphatic heterocycles. The highest BCUT2D eigenvalue weighted by Crippen LogP contribution is 2.37. The molecule has 0 radical (unpaired) electrons. The van der Waals surface area contributed by atoms with Crippen LogP contribution in [0.1, 0.15) is 57.8 Å². The number of hydrazine groups is 1. The van der Waals surface area contributed by atoms with Crippen molar-refractivity contribution in [3.63, 3.8) is 0 Å². The largest absolute Gasteiger partial charge is 0.377 e. The molecule has 0 bridgehead atoms. The number of hydrogen-bond donors (Lipinski definition) is 2. The van der Waals surface area contributed by atoms with Gasteiger partial charge in [-0.1, -0.05) is 31.8 Å². The van der Waals surface area contributed by atoms with Crippen molar-refractivity contribution in [3.05, 3.63) is 12.7 Å². The average molecular weight is 240 g/mol. The molecule has 3 heteroatoms. The fourth-order valence-corrected chi connectivity index (χ4v) is 2.98. The fourth-order valence-electron chi connectivity index (χ4n) is 2.98. The third-order valence-corrected chi connectivity index (χ3v) is 4.09. The molecule has 1 aliphatic carbocycles. The molecule has 100 valence electrons. The first kappa shape index (κ1) is 14.7. The quantitative estimate of drug-likeness (QED) is 0.282. The van der Waals surface area contributed by atoms with Crippen LogP contribution >= 0.6 is 0 Å². The first-order valence-electron chi connectivity index (χ1n) is 6.91. The lowest BCUT2D eigenvalue weighted by Gasteiger charge is -2.36. The normalized spacial score (nSPS) is 20.4. The van der Waals surface area contributed by atoms with E-state index in [-0.39, 0.29) is 5.60 Å². The van der Waals surface area contributed by atoms with Crippen molar-refractivity contribution in [2.75, 3.05) is 7.11 Å². The van der Waals surface area contributed by atoms with E-state index in [1.54, 1.807) is 0 Å². The molecular weight excluding hydrogens is 212 g/mol. The molecule has 0 spiro atoms. The second kappa shape index (κ2) is 7.85. The highest BCUT2D eigenvalue weighted by molar-refractivity contribution is 4.95. The van der Waals surface area contributed by atoms with Crippen LogP contribution in [0, 0.1) is 0 Å². The van der Waals surface area contributed by atoms with Gasteiger partial charge in [-0.05, 0) is 32.1 Å². The van der Waals surface area contributed by atoms with Gasteiger partial charge in [0.15, 0.2) is 0 Å². The third-order valence-electron chi connectivity index (χ3n) is 4.09. The molecule has 0 aromatic rings. The predicted octanol–water partition coefficient (Wildman–Crippen LogP) is 2.91. The Balaban J connectivity index is 2.33. The van der Waals surface area contributed by atoms with E-state index in [4.69, 9.17) is 10.6 Å². The van der Waals surface area contributed by atoms with Crippen LogP contribution < -0.4 is 11.3 Å². The first-order chi connectivity index (χ1) is 8.29. The summed E-state index contributed by atoms with van der Waals surface area (Å²) >= 11 is 0. The molecule has 1 atom stereocenters. The van der Waals surface area contributed by atoms with Crippen LogP contribution in [-0.4, -0.2) is 18.8 Å². The minimum atomic E-state index is -0.00676. The Morgan fingerprint density at radius 2 is 2.06 bits per heavy atom. The van der Waals surface area contributed by atoms with Crippen LogP contribution in [0.2, 0.25) is 0 Å². The van der Waals surface area contributed by atoms with Crippen molar-refractivity contribution in [1.29, 1.82) is 0 Å². The molecule has 1 fully saturated rings. The van der Waals surface area contributed by atoms with Gasteiger partial charge in [0.1, 0.15) is 0 Å². The molecule has 3 nitrogen and oxygen atoms in total. The summed E-state index contributed by atoms with van der Waals surface area (Å²) in [6.07, 6.45) is 12.8. The second-order valence-electron chi connectivity index (χ2n) is 5.12. The maximum absolute atomic E-state index is 5.77. The Labute approximate surface area is 106 Å². The molecule has 0 heterocycles. The molecule has 1 unspecified atom stereocenters. The molecule has 0 saturated heterocycles. The Kier molecular flexibility index (Phi) is 6.78. The van der Waals surface area contributed by atoms with E-state index < -0.39 is 0 Å². The van der Waals surface area contributed by atoms with Crippen LogP contribution in [0.4, 0.5) is 0 Å². The van der Waals surface area contributed by atoms with Crippen LogP contribution in [0.5, 0.6) is 0 Å². The van der Waals surface area contributed by atoms with E-state index >= 15 is 0 Å². The zero-order chi connectivity index (χ0) is 12.6. The number of rotatable bonds is 9. The van der Waals surface area contributed by atoms with Gasteiger partial charge in [0.2, 0.25) is 0 Å².